The SMILES string of the molecule is CCc1cccc(CC)c1NC(=O)c1csc(C)n1. The van der Waals surface area contributed by atoms with E-state index in [0.29, 0.717) is 5.69 Å². The van der Waals surface area contributed by atoms with Gasteiger partial charge in [-0.2, -0.15) is 0 Å². The molecule has 0 bridgehead atoms. The fourth-order valence-electron chi connectivity index (χ4n) is 2.05. The lowest BCUT2D eigenvalue weighted by Crippen LogP contribution is -2.15. The fourth-order valence-corrected chi connectivity index (χ4v) is 2.64. The van der Waals surface area contributed by atoms with E-state index in [1.54, 1.807) is 5.38 Å². The number of hydrogen-bond donors (Lipinski definition) is 1. The van der Waals surface area contributed by atoms with Gasteiger partial charge in [-0.3, -0.25) is 4.79 Å². The van der Waals surface area contributed by atoms with Crippen molar-refractivity contribution in [1.82, 2.24) is 4.98 Å². The minimum atomic E-state index is -0.125. The Balaban J connectivity index is 2.30. The molecule has 19 heavy (non-hydrogen) atoms. The number of thiazole rings is 1. The molecule has 0 fully saturated rings. The zero-order valence-electron chi connectivity index (χ0n) is 11.5. The van der Waals surface area contributed by atoms with Crippen LogP contribution in [0.4, 0.5) is 5.69 Å². The van der Waals surface area contributed by atoms with Crippen molar-refractivity contribution in [2.75, 3.05) is 5.32 Å². The molecule has 0 aliphatic heterocycles. The minimum Gasteiger partial charge on any atom is -0.320 e. The highest BCUT2D eigenvalue weighted by molar-refractivity contribution is 7.09. The number of hydrogen-bond acceptors (Lipinski definition) is 3. The first kappa shape index (κ1) is 13.7. The monoisotopic (exact) mass is 274 g/mol. The zero-order chi connectivity index (χ0) is 13.8. The summed E-state index contributed by atoms with van der Waals surface area (Å²) in [6.07, 6.45) is 1.80. The highest BCUT2D eigenvalue weighted by Crippen LogP contribution is 2.23. The topological polar surface area (TPSA) is 42.0 Å². The highest BCUT2D eigenvalue weighted by atomic mass is 32.1. The van der Waals surface area contributed by atoms with Gasteiger partial charge in [0.05, 0.1) is 5.01 Å². The molecule has 4 heteroatoms. The van der Waals surface area contributed by atoms with Gasteiger partial charge in [0.25, 0.3) is 5.91 Å². The summed E-state index contributed by atoms with van der Waals surface area (Å²) in [7, 11) is 0. The summed E-state index contributed by atoms with van der Waals surface area (Å²) in [6.45, 7) is 6.09. The number of para-hydroxylation sites is 1. The highest BCUT2D eigenvalue weighted by Gasteiger charge is 2.13. The summed E-state index contributed by atoms with van der Waals surface area (Å²) in [5.41, 5.74) is 3.78. The lowest BCUT2D eigenvalue weighted by atomic mass is 10.0. The summed E-state index contributed by atoms with van der Waals surface area (Å²) >= 11 is 1.49. The summed E-state index contributed by atoms with van der Waals surface area (Å²) in [6, 6.07) is 6.16. The molecule has 0 spiro atoms. The quantitative estimate of drug-likeness (QED) is 0.920. The number of benzene rings is 1. The van der Waals surface area contributed by atoms with Crippen molar-refractivity contribution >= 4 is 22.9 Å². The Labute approximate surface area is 117 Å². The molecule has 2 aromatic rings. The molecule has 0 aliphatic carbocycles. The second-order valence-electron chi connectivity index (χ2n) is 4.36. The maximum Gasteiger partial charge on any atom is 0.275 e. The Kier molecular flexibility index (Phi) is 4.32. The Morgan fingerprint density at radius 1 is 1.26 bits per heavy atom. The molecular weight excluding hydrogens is 256 g/mol. The van der Waals surface area contributed by atoms with Crippen LogP contribution in [-0.2, 0) is 12.8 Å². The number of rotatable bonds is 4. The number of aryl methyl sites for hydroxylation is 3. The minimum absolute atomic E-state index is 0.125. The third-order valence-electron chi connectivity index (χ3n) is 3.09. The van der Waals surface area contributed by atoms with Crippen LogP contribution in [0.3, 0.4) is 0 Å². The average Bonchev–Trinajstić information content (AvgIpc) is 2.85. The van der Waals surface area contributed by atoms with Crippen LogP contribution in [0.15, 0.2) is 23.6 Å². The molecule has 1 amide bonds. The molecule has 3 nitrogen and oxygen atoms in total. The van der Waals surface area contributed by atoms with E-state index in [2.05, 4.69) is 36.3 Å². The van der Waals surface area contributed by atoms with Crippen LogP contribution in [0, 0.1) is 6.92 Å². The van der Waals surface area contributed by atoms with Crippen molar-refractivity contribution in [3.63, 3.8) is 0 Å². The fraction of sp³-hybridized carbons (Fsp3) is 0.333. The number of carbonyl (C=O) groups excluding carboxylic acids is 1. The lowest BCUT2D eigenvalue weighted by molar-refractivity contribution is 0.102. The van der Waals surface area contributed by atoms with Gasteiger partial charge >= 0.3 is 0 Å². The van der Waals surface area contributed by atoms with Crippen LogP contribution >= 0.6 is 11.3 Å². The van der Waals surface area contributed by atoms with Crippen LogP contribution in [0.2, 0.25) is 0 Å². The van der Waals surface area contributed by atoms with Gasteiger partial charge in [-0.15, -0.1) is 11.3 Å². The number of amides is 1. The van der Waals surface area contributed by atoms with Gasteiger partial charge in [0.15, 0.2) is 0 Å². The van der Waals surface area contributed by atoms with E-state index in [0.717, 1.165) is 23.5 Å². The van der Waals surface area contributed by atoms with Gasteiger partial charge in [0, 0.05) is 11.1 Å². The number of anilines is 1. The molecule has 0 aliphatic rings. The Bertz CT molecular complexity index is 567. The number of aromatic nitrogens is 1. The van der Waals surface area contributed by atoms with Crippen molar-refractivity contribution in [2.45, 2.75) is 33.6 Å². The summed E-state index contributed by atoms with van der Waals surface area (Å²) < 4.78 is 0. The molecule has 100 valence electrons. The Hall–Kier alpha value is -1.68. The van der Waals surface area contributed by atoms with Crippen LogP contribution in [0.25, 0.3) is 0 Å². The van der Waals surface area contributed by atoms with Crippen LogP contribution in [0.5, 0.6) is 0 Å². The predicted molar refractivity (Wildman–Crippen MR) is 80.0 cm³/mol. The third kappa shape index (κ3) is 3.01. The lowest BCUT2D eigenvalue weighted by Gasteiger charge is -2.13. The van der Waals surface area contributed by atoms with Gasteiger partial charge in [-0.1, -0.05) is 32.0 Å². The maximum absolute atomic E-state index is 12.2. The van der Waals surface area contributed by atoms with Crippen molar-refractivity contribution in [3.8, 4) is 0 Å². The number of carbonyl (C=O) groups is 1. The van der Waals surface area contributed by atoms with E-state index in [4.69, 9.17) is 0 Å². The number of nitrogens with zero attached hydrogens (tertiary/aromatic N) is 1. The van der Waals surface area contributed by atoms with Gasteiger partial charge in [0.1, 0.15) is 5.69 Å². The Morgan fingerprint density at radius 3 is 2.37 bits per heavy atom. The largest absolute Gasteiger partial charge is 0.320 e. The standard InChI is InChI=1S/C15H18N2OS/c1-4-11-7-6-8-12(5-2)14(11)17-15(18)13-9-19-10(3)16-13/h6-9H,4-5H2,1-3H3,(H,17,18). The molecule has 2 rings (SSSR count). The van der Waals surface area contributed by atoms with Crippen molar-refractivity contribution in [2.24, 2.45) is 0 Å². The third-order valence-corrected chi connectivity index (χ3v) is 3.86. The van der Waals surface area contributed by atoms with Gasteiger partial charge in [-0.25, -0.2) is 4.98 Å². The van der Waals surface area contributed by atoms with Crippen LogP contribution in [-0.4, -0.2) is 10.9 Å². The van der Waals surface area contributed by atoms with Crippen molar-refractivity contribution in [1.29, 1.82) is 0 Å². The molecule has 0 saturated carbocycles. The molecule has 1 N–H and O–H groups in total. The van der Waals surface area contributed by atoms with E-state index in [9.17, 15) is 4.79 Å². The molecule has 1 heterocycles. The molecule has 1 aromatic carbocycles. The second-order valence-corrected chi connectivity index (χ2v) is 5.43. The first-order chi connectivity index (χ1) is 9.15. The van der Waals surface area contributed by atoms with Crippen molar-refractivity contribution in [3.05, 3.63) is 45.4 Å². The zero-order valence-corrected chi connectivity index (χ0v) is 12.3. The first-order valence-corrected chi connectivity index (χ1v) is 7.37. The molecule has 0 saturated heterocycles. The predicted octanol–water partition coefficient (Wildman–Crippen LogP) is 3.83. The van der Waals surface area contributed by atoms with E-state index in [1.165, 1.54) is 22.5 Å². The normalized spacial score (nSPS) is 10.5. The van der Waals surface area contributed by atoms with E-state index in [1.807, 2.05) is 13.0 Å². The maximum atomic E-state index is 12.2. The summed E-state index contributed by atoms with van der Waals surface area (Å²) in [4.78, 5) is 16.4. The first-order valence-electron chi connectivity index (χ1n) is 6.50. The van der Waals surface area contributed by atoms with Crippen LogP contribution in [0.1, 0.15) is 40.5 Å². The van der Waals surface area contributed by atoms with E-state index in [-0.39, 0.29) is 5.91 Å². The van der Waals surface area contributed by atoms with E-state index < -0.39 is 0 Å². The Morgan fingerprint density at radius 2 is 1.89 bits per heavy atom. The second kappa shape index (κ2) is 5.97. The summed E-state index contributed by atoms with van der Waals surface area (Å²) in [5, 5.41) is 5.72. The molecule has 0 unspecified atom stereocenters. The molecular formula is C15H18N2OS. The molecule has 0 radical (unpaired) electrons. The van der Waals surface area contributed by atoms with Crippen LogP contribution < -0.4 is 5.32 Å². The molecule has 1 aromatic heterocycles. The smallest absolute Gasteiger partial charge is 0.275 e. The van der Waals surface area contributed by atoms with Crippen molar-refractivity contribution < 1.29 is 4.79 Å². The van der Waals surface area contributed by atoms with E-state index >= 15 is 0 Å². The van der Waals surface area contributed by atoms with Gasteiger partial charge < -0.3 is 5.32 Å². The number of nitrogens with one attached hydrogen (secondary N) is 1. The van der Waals surface area contributed by atoms with Gasteiger partial charge in [-0.05, 0) is 30.9 Å². The van der Waals surface area contributed by atoms with Gasteiger partial charge in [0.2, 0.25) is 0 Å². The summed E-state index contributed by atoms with van der Waals surface area (Å²) in [5.74, 6) is -0.125. The molecule has 0 atom stereocenters. The average molecular weight is 274 g/mol.